The molecule has 0 saturated heterocycles. The molecule has 0 bridgehead atoms. The summed E-state index contributed by atoms with van der Waals surface area (Å²) in [6.07, 6.45) is 9.37. The van der Waals surface area contributed by atoms with Crippen molar-refractivity contribution in [3.63, 3.8) is 0 Å². The van der Waals surface area contributed by atoms with Crippen LogP contribution < -0.4 is 10.1 Å². The van der Waals surface area contributed by atoms with E-state index in [9.17, 15) is 4.79 Å². The Hall–Kier alpha value is -1.77. The topological polar surface area (TPSA) is 38.3 Å². The summed E-state index contributed by atoms with van der Waals surface area (Å²) in [5.74, 6) is 2.20. The van der Waals surface area contributed by atoms with Gasteiger partial charge in [-0.15, -0.1) is 0 Å². The predicted molar refractivity (Wildman–Crippen MR) is 84.3 cm³/mol. The number of rotatable bonds is 4. The highest BCUT2D eigenvalue weighted by Gasteiger charge is 2.52. The summed E-state index contributed by atoms with van der Waals surface area (Å²) in [4.78, 5) is 12.4. The summed E-state index contributed by atoms with van der Waals surface area (Å²) >= 11 is 0. The largest absolute Gasteiger partial charge is 0.494 e. The Morgan fingerprint density at radius 2 is 2.10 bits per heavy atom. The maximum atomic E-state index is 12.4. The quantitative estimate of drug-likeness (QED) is 0.849. The molecule has 112 valence electrons. The van der Waals surface area contributed by atoms with Crippen molar-refractivity contribution >= 4 is 11.6 Å². The van der Waals surface area contributed by atoms with E-state index in [0.717, 1.165) is 17.9 Å². The second kappa shape index (κ2) is 6.33. The van der Waals surface area contributed by atoms with Crippen molar-refractivity contribution < 1.29 is 9.53 Å². The van der Waals surface area contributed by atoms with Gasteiger partial charge in [0.15, 0.2) is 0 Å². The first-order chi connectivity index (χ1) is 10.3. The van der Waals surface area contributed by atoms with Crippen LogP contribution in [0.2, 0.25) is 0 Å². The van der Waals surface area contributed by atoms with E-state index in [0.29, 0.717) is 18.4 Å². The van der Waals surface area contributed by atoms with Crippen LogP contribution in [0.4, 0.5) is 5.69 Å². The van der Waals surface area contributed by atoms with E-state index in [2.05, 4.69) is 17.5 Å². The van der Waals surface area contributed by atoms with Gasteiger partial charge in [-0.05, 0) is 62.3 Å². The smallest absolute Gasteiger partial charge is 0.228 e. The number of anilines is 1. The van der Waals surface area contributed by atoms with Gasteiger partial charge >= 0.3 is 0 Å². The molecule has 3 nitrogen and oxygen atoms in total. The van der Waals surface area contributed by atoms with Gasteiger partial charge in [-0.2, -0.15) is 0 Å². The van der Waals surface area contributed by atoms with Gasteiger partial charge in [-0.1, -0.05) is 18.6 Å². The second-order valence-corrected chi connectivity index (χ2v) is 5.93. The van der Waals surface area contributed by atoms with Gasteiger partial charge < -0.3 is 10.1 Å². The third-order valence-electron chi connectivity index (χ3n) is 4.48. The van der Waals surface area contributed by atoms with Crippen LogP contribution in [-0.2, 0) is 4.79 Å². The molecule has 0 aromatic heterocycles. The molecule has 0 heterocycles. The lowest BCUT2D eigenvalue weighted by atomic mass is 10.1. The summed E-state index contributed by atoms with van der Waals surface area (Å²) in [7, 11) is 0. The minimum atomic E-state index is 0.167. The lowest BCUT2D eigenvalue weighted by Gasteiger charge is -2.07. The summed E-state index contributed by atoms with van der Waals surface area (Å²) in [6, 6.07) is 7.61. The number of benzene rings is 1. The number of carbonyl (C=O) groups excluding carboxylic acids is 1. The average molecular weight is 285 g/mol. The normalized spacial score (nSPS) is 28.7. The molecule has 1 saturated carbocycles. The van der Waals surface area contributed by atoms with Gasteiger partial charge in [0.1, 0.15) is 5.75 Å². The molecule has 21 heavy (non-hydrogen) atoms. The molecule has 2 aliphatic carbocycles. The Balaban J connectivity index is 1.59. The number of amides is 1. The fraction of sp³-hybridized carbons (Fsp3) is 0.500. The zero-order valence-electron chi connectivity index (χ0n) is 12.5. The molecule has 1 N–H and O–H groups in total. The number of hydrogen-bond donors (Lipinski definition) is 1. The SMILES string of the molecule is CCOc1ccc(NC(=O)[C@H]2[C@H]3/C=C\CCCC[C@H]32)cc1. The highest BCUT2D eigenvalue weighted by Crippen LogP contribution is 2.51. The lowest BCUT2D eigenvalue weighted by molar-refractivity contribution is -0.117. The molecule has 1 fully saturated rings. The number of allylic oxidation sites excluding steroid dienone is 2. The van der Waals surface area contributed by atoms with Crippen LogP contribution in [0.25, 0.3) is 0 Å². The van der Waals surface area contributed by atoms with E-state index in [4.69, 9.17) is 4.74 Å². The molecule has 0 spiro atoms. The first-order valence-corrected chi connectivity index (χ1v) is 8.00. The number of fused-ring (bicyclic) bond motifs is 1. The summed E-state index contributed by atoms with van der Waals surface area (Å²) < 4.78 is 5.41. The number of nitrogens with one attached hydrogen (secondary N) is 1. The van der Waals surface area contributed by atoms with Gasteiger partial charge in [0.05, 0.1) is 6.61 Å². The van der Waals surface area contributed by atoms with E-state index in [1.165, 1.54) is 19.3 Å². The van der Waals surface area contributed by atoms with Gasteiger partial charge in [-0.3, -0.25) is 4.79 Å². The van der Waals surface area contributed by atoms with Crippen LogP contribution in [0.3, 0.4) is 0 Å². The van der Waals surface area contributed by atoms with Crippen LogP contribution in [0.5, 0.6) is 5.75 Å². The van der Waals surface area contributed by atoms with Gasteiger partial charge in [-0.25, -0.2) is 0 Å². The molecule has 0 unspecified atom stereocenters. The van der Waals surface area contributed by atoms with Crippen LogP contribution in [0, 0.1) is 17.8 Å². The van der Waals surface area contributed by atoms with Gasteiger partial charge in [0.25, 0.3) is 0 Å². The molecular weight excluding hydrogens is 262 g/mol. The van der Waals surface area contributed by atoms with E-state index < -0.39 is 0 Å². The maximum Gasteiger partial charge on any atom is 0.228 e. The van der Waals surface area contributed by atoms with Crippen molar-refractivity contribution in [3.8, 4) is 5.75 Å². The standard InChI is InChI=1S/C18H23NO2/c1-2-21-14-11-9-13(10-12-14)19-18(20)17-15-7-5-3-4-6-8-16(15)17/h5,7,9-12,15-17H,2-4,6,8H2,1H3,(H,19,20)/b7-5-/t15-,16+,17-/m0/s1. The summed E-state index contributed by atoms with van der Waals surface area (Å²) in [5.41, 5.74) is 0.853. The van der Waals surface area contributed by atoms with Crippen LogP contribution in [0.1, 0.15) is 32.6 Å². The third-order valence-corrected chi connectivity index (χ3v) is 4.48. The Bertz CT molecular complexity index is 521. The van der Waals surface area contributed by atoms with Crippen molar-refractivity contribution in [1.82, 2.24) is 0 Å². The van der Waals surface area contributed by atoms with Crippen molar-refractivity contribution in [2.45, 2.75) is 32.6 Å². The Morgan fingerprint density at radius 1 is 1.29 bits per heavy atom. The van der Waals surface area contributed by atoms with Crippen molar-refractivity contribution in [2.24, 2.45) is 17.8 Å². The van der Waals surface area contributed by atoms with Crippen molar-refractivity contribution in [1.29, 1.82) is 0 Å². The fourth-order valence-electron chi connectivity index (χ4n) is 3.33. The Morgan fingerprint density at radius 3 is 2.86 bits per heavy atom. The fourth-order valence-corrected chi connectivity index (χ4v) is 3.33. The van der Waals surface area contributed by atoms with Crippen LogP contribution in [0.15, 0.2) is 36.4 Å². The van der Waals surface area contributed by atoms with Gasteiger partial charge in [0, 0.05) is 11.6 Å². The van der Waals surface area contributed by atoms with Crippen molar-refractivity contribution in [3.05, 3.63) is 36.4 Å². The summed E-state index contributed by atoms with van der Waals surface area (Å²) in [5, 5.41) is 3.04. The lowest BCUT2D eigenvalue weighted by Crippen LogP contribution is -2.15. The van der Waals surface area contributed by atoms with Crippen LogP contribution >= 0.6 is 0 Å². The molecule has 3 atom stereocenters. The molecule has 3 rings (SSSR count). The Labute approximate surface area is 126 Å². The minimum Gasteiger partial charge on any atom is -0.494 e. The Kier molecular flexibility index (Phi) is 4.28. The van der Waals surface area contributed by atoms with E-state index in [-0.39, 0.29) is 11.8 Å². The molecule has 1 aromatic rings. The minimum absolute atomic E-state index is 0.167. The van der Waals surface area contributed by atoms with E-state index >= 15 is 0 Å². The molecule has 2 aliphatic rings. The van der Waals surface area contributed by atoms with Gasteiger partial charge in [0.2, 0.25) is 5.91 Å². The molecule has 0 radical (unpaired) electrons. The summed E-state index contributed by atoms with van der Waals surface area (Å²) in [6.45, 7) is 2.62. The van der Waals surface area contributed by atoms with E-state index in [1.807, 2.05) is 31.2 Å². The highest BCUT2D eigenvalue weighted by molar-refractivity contribution is 5.95. The number of carbonyl (C=O) groups is 1. The first kappa shape index (κ1) is 14.2. The highest BCUT2D eigenvalue weighted by atomic mass is 16.5. The number of ether oxygens (including phenoxy) is 1. The molecular formula is C18H23NO2. The predicted octanol–water partition coefficient (Wildman–Crippen LogP) is 4.02. The second-order valence-electron chi connectivity index (χ2n) is 5.93. The molecule has 0 aliphatic heterocycles. The molecule has 1 aromatic carbocycles. The number of hydrogen-bond acceptors (Lipinski definition) is 2. The van der Waals surface area contributed by atoms with E-state index in [1.54, 1.807) is 0 Å². The average Bonchev–Trinajstić information content (AvgIpc) is 3.12. The van der Waals surface area contributed by atoms with Crippen molar-refractivity contribution in [2.75, 3.05) is 11.9 Å². The zero-order chi connectivity index (χ0) is 14.7. The third kappa shape index (κ3) is 3.29. The molecule has 1 amide bonds. The maximum absolute atomic E-state index is 12.4. The zero-order valence-corrected chi connectivity index (χ0v) is 12.5. The monoisotopic (exact) mass is 285 g/mol. The molecule has 3 heteroatoms. The first-order valence-electron chi connectivity index (χ1n) is 8.00. The van der Waals surface area contributed by atoms with Crippen LogP contribution in [-0.4, -0.2) is 12.5 Å².